The van der Waals surface area contributed by atoms with Crippen molar-refractivity contribution in [2.45, 2.75) is 50.4 Å². The minimum atomic E-state index is -4.90. The molecule has 0 fully saturated rings. The molecule has 0 spiro atoms. The number of phosphoric acid groups is 2. The number of alkyl carbamates (subject to hydrolysis) is 1. The van der Waals surface area contributed by atoms with Crippen molar-refractivity contribution in [1.82, 2.24) is 16.0 Å². The Labute approximate surface area is 301 Å². The van der Waals surface area contributed by atoms with Gasteiger partial charge >= 0.3 is 21.7 Å². The van der Waals surface area contributed by atoms with Crippen LogP contribution >= 0.6 is 15.6 Å². The van der Waals surface area contributed by atoms with E-state index in [1.165, 1.54) is 55.5 Å². The summed E-state index contributed by atoms with van der Waals surface area (Å²) < 4.78 is 36.9. The highest BCUT2D eigenvalue weighted by Gasteiger charge is 2.34. The number of hydrogen-bond acceptors (Lipinski definition) is 11. The summed E-state index contributed by atoms with van der Waals surface area (Å²) in [7, 11) is -9.78. The number of amides is 5. The number of nitrogen functional groups attached to an aromatic ring is 1. The van der Waals surface area contributed by atoms with Crippen molar-refractivity contribution >= 4 is 51.1 Å². The first-order valence-corrected chi connectivity index (χ1v) is 18.4. The Hall–Kier alpha value is -5.49. The Bertz CT molecular complexity index is 1880. The van der Waals surface area contributed by atoms with Crippen LogP contribution in [-0.4, -0.2) is 67.4 Å². The van der Waals surface area contributed by atoms with Gasteiger partial charge in [-0.3, -0.25) is 38.8 Å². The lowest BCUT2D eigenvalue weighted by atomic mass is 9.91. The molecule has 4 atom stereocenters. The van der Waals surface area contributed by atoms with Crippen LogP contribution in [0.5, 0.6) is 11.5 Å². The molecule has 13 N–H and O–H groups in total. The topological polar surface area (TPSA) is 342 Å². The van der Waals surface area contributed by atoms with Crippen LogP contribution in [0.1, 0.15) is 36.0 Å². The molecule has 286 valence electrons. The minimum Gasteiger partial charge on any atom is -0.445 e. The molecule has 0 aromatic heterocycles. The number of nitrogens with two attached hydrogens (primary N) is 3. The zero-order chi connectivity index (χ0) is 39.5. The number of anilines is 1. The summed E-state index contributed by atoms with van der Waals surface area (Å²) in [5.74, 6) is -5.42. The quantitative estimate of drug-likeness (QED) is 0.0608. The van der Waals surface area contributed by atoms with E-state index in [1.54, 1.807) is 24.3 Å². The standard InChI is InChI=1S/C31H38N6O14P2/c1-17(20-7-11-23(12-8-20)51-53(46,47)48)27(30(41)35-24(28(34)39)15-26(33)38)37-29(40)25(14-18-5-9-22(10-6-18)50-52(43,44)45)36-31(42)49-16-19-3-2-4-21(32)13-19/h2-13,17,24-25,27H,14-16,32H2,1H3,(H2,33,38)(H2,34,39)(H,35,41)(H,36,42)(H,37,40)(H2,43,44,45)(H2,46,47,48)/t17?,24-,25-,27-/m0/s1. The lowest BCUT2D eigenvalue weighted by Crippen LogP contribution is -2.58. The van der Waals surface area contributed by atoms with Gasteiger partial charge in [-0.1, -0.05) is 43.3 Å². The lowest BCUT2D eigenvalue weighted by Gasteiger charge is -2.28. The number of phosphoric ester groups is 2. The molecular formula is C31H38N6O14P2. The van der Waals surface area contributed by atoms with Gasteiger partial charge in [0.15, 0.2) is 0 Å². The van der Waals surface area contributed by atoms with Crippen molar-refractivity contribution < 1.29 is 66.5 Å². The predicted octanol–water partition coefficient (Wildman–Crippen LogP) is 0.183. The molecule has 0 saturated carbocycles. The predicted molar refractivity (Wildman–Crippen MR) is 185 cm³/mol. The van der Waals surface area contributed by atoms with E-state index >= 15 is 0 Å². The molecule has 0 aliphatic rings. The Morgan fingerprint density at radius 3 is 1.81 bits per heavy atom. The molecule has 3 aromatic carbocycles. The number of hydrogen-bond donors (Lipinski definition) is 10. The highest BCUT2D eigenvalue weighted by Crippen LogP contribution is 2.38. The van der Waals surface area contributed by atoms with Gasteiger partial charge in [0.2, 0.25) is 23.6 Å². The van der Waals surface area contributed by atoms with E-state index in [2.05, 4.69) is 25.0 Å². The third-order valence-corrected chi connectivity index (χ3v) is 8.19. The van der Waals surface area contributed by atoms with Gasteiger partial charge in [0.05, 0.1) is 6.42 Å². The van der Waals surface area contributed by atoms with Crippen LogP contribution in [0, 0.1) is 0 Å². The van der Waals surface area contributed by atoms with Crippen molar-refractivity contribution in [3.05, 3.63) is 89.5 Å². The summed E-state index contributed by atoms with van der Waals surface area (Å²) in [5, 5.41) is 7.24. The van der Waals surface area contributed by atoms with Crippen molar-refractivity contribution in [3.63, 3.8) is 0 Å². The first-order chi connectivity index (χ1) is 24.7. The second kappa shape index (κ2) is 18.3. The number of carbonyl (C=O) groups is 5. The van der Waals surface area contributed by atoms with E-state index in [0.717, 1.165) is 0 Å². The van der Waals surface area contributed by atoms with Crippen LogP contribution in [0.25, 0.3) is 0 Å². The lowest BCUT2D eigenvalue weighted by molar-refractivity contribution is -0.133. The molecule has 3 aromatic rings. The molecule has 0 radical (unpaired) electrons. The molecule has 20 nitrogen and oxygen atoms in total. The molecule has 0 aliphatic carbocycles. The fourth-order valence-corrected chi connectivity index (χ4v) is 5.60. The Balaban J connectivity index is 1.94. The van der Waals surface area contributed by atoms with E-state index in [-0.39, 0.29) is 24.5 Å². The van der Waals surface area contributed by atoms with Crippen molar-refractivity contribution in [3.8, 4) is 11.5 Å². The fraction of sp³-hybridized carbons (Fsp3) is 0.258. The molecule has 0 aliphatic heterocycles. The summed E-state index contributed by atoms with van der Waals surface area (Å²) in [6.07, 6.45) is -1.99. The maximum absolute atomic E-state index is 13.9. The summed E-state index contributed by atoms with van der Waals surface area (Å²) in [5.41, 5.74) is 17.9. The van der Waals surface area contributed by atoms with Crippen molar-refractivity contribution in [1.29, 1.82) is 0 Å². The van der Waals surface area contributed by atoms with Crippen LogP contribution in [0.2, 0.25) is 0 Å². The molecule has 3 rings (SSSR count). The monoisotopic (exact) mass is 780 g/mol. The van der Waals surface area contributed by atoms with Gasteiger partial charge < -0.3 is 46.9 Å². The van der Waals surface area contributed by atoms with Crippen LogP contribution < -0.4 is 42.2 Å². The number of benzene rings is 3. The second-order valence-corrected chi connectivity index (χ2v) is 13.8. The minimum absolute atomic E-state index is 0.194. The number of ether oxygens (including phenoxy) is 1. The Morgan fingerprint density at radius 2 is 1.30 bits per heavy atom. The maximum Gasteiger partial charge on any atom is 0.524 e. The smallest absolute Gasteiger partial charge is 0.445 e. The normalized spacial score (nSPS) is 13.7. The van der Waals surface area contributed by atoms with E-state index in [4.69, 9.17) is 41.5 Å². The van der Waals surface area contributed by atoms with Gasteiger partial charge in [0.1, 0.15) is 36.2 Å². The van der Waals surface area contributed by atoms with Crippen LogP contribution in [0.3, 0.4) is 0 Å². The number of carbonyl (C=O) groups excluding carboxylic acids is 5. The van der Waals surface area contributed by atoms with Crippen molar-refractivity contribution in [2.24, 2.45) is 11.5 Å². The van der Waals surface area contributed by atoms with Gasteiger partial charge in [-0.15, -0.1) is 0 Å². The van der Waals surface area contributed by atoms with Crippen molar-refractivity contribution in [2.75, 3.05) is 5.73 Å². The molecule has 22 heteroatoms. The van der Waals surface area contributed by atoms with E-state index < -0.39 is 75.8 Å². The van der Waals surface area contributed by atoms with E-state index in [9.17, 15) is 33.1 Å². The zero-order valence-corrected chi connectivity index (χ0v) is 29.6. The number of primary amides is 2. The van der Waals surface area contributed by atoms with Crippen LogP contribution in [-0.2, 0) is 46.1 Å². The van der Waals surface area contributed by atoms with E-state index in [1.807, 2.05) is 0 Å². The summed E-state index contributed by atoms with van der Waals surface area (Å²) in [6, 6.07) is 12.1. The van der Waals surface area contributed by atoms with Gasteiger partial charge in [0, 0.05) is 18.0 Å². The zero-order valence-electron chi connectivity index (χ0n) is 27.9. The third kappa shape index (κ3) is 14.6. The molecule has 0 bridgehead atoms. The highest BCUT2D eigenvalue weighted by atomic mass is 31.2. The molecular weight excluding hydrogens is 742 g/mol. The maximum atomic E-state index is 13.9. The highest BCUT2D eigenvalue weighted by molar-refractivity contribution is 7.47. The number of rotatable bonds is 18. The second-order valence-electron chi connectivity index (χ2n) is 11.5. The SMILES string of the molecule is CC(c1ccc(OP(=O)(O)O)cc1)[C@H](NC(=O)[C@H](Cc1ccc(OP(=O)(O)O)cc1)NC(=O)OCc1cccc(N)c1)C(=O)N[C@@H](CC(N)=O)C(N)=O. The fourth-order valence-electron chi connectivity index (χ4n) is 4.80. The van der Waals surface area contributed by atoms with Gasteiger partial charge in [-0.25, -0.2) is 13.9 Å². The molecule has 53 heavy (non-hydrogen) atoms. The molecule has 0 heterocycles. The van der Waals surface area contributed by atoms with Gasteiger partial charge in [-0.2, -0.15) is 0 Å². The van der Waals surface area contributed by atoms with E-state index in [0.29, 0.717) is 22.4 Å². The average Bonchev–Trinajstić information content (AvgIpc) is 3.04. The van der Waals surface area contributed by atoms with Gasteiger partial charge in [0.25, 0.3) is 0 Å². The van der Waals surface area contributed by atoms with Crippen LogP contribution in [0.15, 0.2) is 72.8 Å². The summed E-state index contributed by atoms with van der Waals surface area (Å²) in [4.78, 5) is 101. The first kappa shape index (κ1) is 41.9. The molecule has 0 saturated heterocycles. The number of nitrogens with one attached hydrogen (secondary N) is 3. The Kier molecular flexibility index (Phi) is 14.5. The summed E-state index contributed by atoms with van der Waals surface area (Å²) in [6.45, 7) is 1.25. The average molecular weight is 781 g/mol. The van der Waals surface area contributed by atoms with Gasteiger partial charge in [-0.05, 0) is 53.1 Å². The first-order valence-electron chi connectivity index (χ1n) is 15.3. The van der Waals surface area contributed by atoms with Crippen LogP contribution in [0.4, 0.5) is 10.5 Å². The summed E-state index contributed by atoms with van der Waals surface area (Å²) >= 11 is 0. The molecule has 1 unspecified atom stereocenters. The largest absolute Gasteiger partial charge is 0.524 e. The third-order valence-electron chi connectivity index (χ3n) is 7.29. The Morgan fingerprint density at radius 1 is 0.736 bits per heavy atom. The molecule has 5 amide bonds.